The topological polar surface area (TPSA) is 20.3 Å². The van der Waals surface area contributed by atoms with Crippen LogP contribution in [0.3, 0.4) is 0 Å². The Morgan fingerprint density at radius 2 is 2.22 bits per heavy atom. The summed E-state index contributed by atoms with van der Waals surface area (Å²) in [5, 5.41) is 0. The molecule has 0 aromatic rings. The second-order valence-corrected chi connectivity index (χ2v) is 2.97. The van der Waals surface area contributed by atoms with Crippen LogP contribution in [-0.4, -0.2) is 21.8 Å². The maximum absolute atomic E-state index is 10.6. The van der Waals surface area contributed by atoms with E-state index >= 15 is 0 Å². The Labute approximate surface area is 58.5 Å². The number of nitrogens with zero attached hydrogens (tertiary/aromatic N) is 1. The van der Waals surface area contributed by atoms with E-state index in [0.717, 1.165) is 0 Å². The first kappa shape index (κ1) is 8.43. The second kappa shape index (κ2) is 4.32. The Kier molecular flexibility index (Phi) is 4.05. The van der Waals surface area contributed by atoms with Crippen molar-refractivity contribution in [1.29, 1.82) is 0 Å². The standard InChI is InChI=1S/C6H11NOS/c1-4-5-6-7(2)9(3)8/h4-6H,1H2,2-3H3/b6-5-. The summed E-state index contributed by atoms with van der Waals surface area (Å²) in [5.74, 6) is 0. The monoisotopic (exact) mass is 145 g/mol. The highest BCUT2D eigenvalue weighted by Gasteiger charge is 1.90. The van der Waals surface area contributed by atoms with Gasteiger partial charge in [0.15, 0.2) is 0 Å². The van der Waals surface area contributed by atoms with Crippen LogP contribution in [0.1, 0.15) is 0 Å². The van der Waals surface area contributed by atoms with E-state index in [0.29, 0.717) is 0 Å². The van der Waals surface area contributed by atoms with Gasteiger partial charge in [0.05, 0.1) is 0 Å². The maximum Gasteiger partial charge on any atom is 0.115 e. The van der Waals surface area contributed by atoms with Crippen LogP contribution in [0.25, 0.3) is 0 Å². The summed E-state index contributed by atoms with van der Waals surface area (Å²) in [6.45, 7) is 3.48. The van der Waals surface area contributed by atoms with Gasteiger partial charge in [-0.1, -0.05) is 12.7 Å². The fourth-order valence-electron chi connectivity index (χ4n) is 0.268. The Morgan fingerprint density at radius 3 is 2.56 bits per heavy atom. The third-order valence-corrected chi connectivity index (χ3v) is 1.77. The predicted octanol–water partition coefficient (Wildman–Crippen LogP) is 0.911. The van der Waals surface area contributed by atoms with Crippen LogP contribution >= 0.6 is 0 Å². The first-order chi connectivity index (χ1) is 4.18. The lowest BCUT2D eigenvalue weighted by atomic mass is 10.6. The maximum atomic E-state index is 10.6. The largest absolute Gasteiger partial charge is 0.302 e. The molecule has 0 rings (SSSR count). The zero-order valence-corrected chi connectivity index (χ0v) is 6.52. The van der Waals surface area contributed by atoms with Gasteiger partial charge in [0, 0.05) is 19.5 Å². The third kappa shape index (κ3) is 3.97. The molecule has 1 atom stereocenters. The molecule has 0 aliphatic rings. The van der Waals surface area contributed by atoms with Crippen molar-refractivity contribution in [3.05, 3.63) is 24.9 Å². The van der Waals surface area contributed by atoms with Gasteiger partial charge in [-0.25, -0.2) is 4.21 Å². The van der Waals surface area contributed by atoms with Crippen LogP contribution in [-0.2, 0) is 11.0 Å². The number of hydrogen-bond donors (Lipinski definition) is 0. The molecule has 1 unspecified atom stereocenters. The van der Waals surface area contributed by atoms with Crippen LogP contribution in [0.2, 0.25) is 0 Å². The Bertz CT molecular complexity index is 142. The van der Waals surface area contributed by atoms with Crippen molar-refractivity contribution in [2.75, 3.05) is 13.3 Å². The normalized spacial score (nSPS) is 13.6. The molecule has 2 nitrogen and oxygen atoms in total. The molecule has 0 bridgehead atoms. The summed E-state index contributed by atoms with van der Waals surface area (Å²) < 4.78 is 12.2. The van der Waals surface area contributed by atoms with Gasteiger partial charge in [0.1, 0.15) is 11.0 Å². The van der Waals surface area contributed by atoms with E-state index in [1.165, 1.54) is 0 Å². The number of allylic oxidation sites excluding steroid dienone is 2. The molecule has 0 saturated heterocycles. The van der Waals surface area contributed by atoms with Crippen LogP contribution in [0.5, 0.6) is 0 Å². The smallest absolute Gasteiger partial charge is 0.115 e. The summed E-state index contributed by atoms with van der Waals surface area (Å²) in [6.07, 6.45) is 6.71. The van der Waals surface area contributed by atoms with Crippen LogP contribution in [0.4, 0.5) is 0 Å². The van der Waals surface area contributed by atoms with Crippen LogP contribution in [0.15, 0.2) is 24.9 Å². The minimum atomic E-state index is -0.913. The van der Waals surface area contributed by atoms with Gasteiger partial charge in [-0.05, 0) is 6.08 Å². The van der Waals surface area contributed by atoms with E-state index in [1.54, 1.807) is 36.0 Å². The van der Waals surface area contributed by atoms with Gasteiger partial charge >= 0.3 is 0 Å². The minimum Gasteiger partial charge on any atom is -0.302 e. The van der Waals surface area contributed by atoms with Gasteiger partial charge in [-0.3, -0.25) is 0 Å². The molecule has 0 spiro atoms. The summed E-state index contributed by atoms with van der Waals surface area (Å²) in [7, 11) is 0.833. The van der Waals surface area contributed by atoms with Crippen LogP contribution < -0.4 is 0 Å². The van der Waals surface area contributed by atoms with Crippen molar-refractivity contribution in [1.82, 2.24) is 4.31 Å². The molecule has 0 saturated carbocycles. The Balaban J connectivity index is 3.75. The Morgan fingerprint density at radius 1 is 1.67 bits per heavy atom. The summed E-state index contributed by atoms with van der Waals surface area (Å²) in [4.78, 5) is 0. The lowest BCUT2D eigenvalue weighted by molar-refractivity contribution is 0.634. The average Bonchev–Trinajstić information content (AvgIpc) is 1.82. The lowest BCUT2D eigenvalue weighted by Crippen LogP contribution is -2.11. The lowest BCUT2D eigenvalue weighted by Gasteiger charge is -2.06. The van der Waals surface area contributed by atoms with Gasteiger partial charge in [0.25, 0.3) is 0 Å². The summed E-state index contributed by atoms with van der Waals surface area (Å²) in [6, 6.07) is 0. The number of rotatable bonds is 3. The fraction of sp³-hybridized carbons (Fsp3) is 0.333. The van der Waals surface area contributed by atoms with Crippen molar-refractivity contribution >= 4 is 11.0 Å². The molecule has 3 heteroatoms. The fourth-order valence-corrected chi connectivity index (χ4v) is 0.509. The first-order valence-electron chi connectivity index (χ1n) is 2.54. The van der Waals surface area contributed by atoms with Gasteiger partial charge in [0.2, 0.25) is 0 Å². The zero-order valence-electron chi connectivity index (χ0n) is 5.70. The van der Waals surface area contributed by atoms with E-state index in [2.05, 4.69) is 6.58 Å². The van der Waals surface area contributed by atoms with E-state index in [4.69, 9.17) is 0 Å². The second-order valence-electron chi connectivity index (χ2n) is 1.55. The Hall–Kier alpha value is -0.570. The van der Waals surface area contributed by atoms with E-state index in [9.17, 15) is 4.21 Å². The van der Waals surface area contributed by atoms with E-state index in [-0.39, 0.29) is 0 Å². The highest BCUT2D eigenvalue weighted by molar-refractivity contribution is 7.81. The molecule has 0 aromatic heterocycles. The molecule has 0 radical (unpaired) electrons. The highest BCUT2D eigenvalue weighted by Crippen LogP contribution is 1.87. The van der Waals surface area contributed by atoms with Crippen molar-refractivity contribution in [3.8, 4) is 0 Å². The van der Waals surface area contributed by atoms with E-state index in [1.807, 2.05) is 0 Å². The molecule has 0 amide bonds. The van der Waals surface area contributed by atoms with Gasteiger partial charge < -0.3 is 4.31 Å². The van der Waals surface area contributed by atoms with Gasteiger partial charge in [-0.15, -0.1) is 0 Å². The quantitative estimate of drug-likeness (QED) is 0.541. The minimum absolute atomic E-state index is 0.913. The molecule has 0 N–H and O–H groups in total. The van der Waals surface area contributed by atoms with E-state index < -0.39 is 11.0 Å². The molecular weight excluding hydrogens is 134 g/mol. The highest BCUT2D eigenvalue weighted by atomic mass is 32.2. The molecule has 0 aliphatic carbocycles. The molecular formula is C6H11NOS. The molecule has 52 valence electrons. The van der Waals surface area contributed by atoms with Crippen LogP contribution in [0, 0.1) is 0 Å². The molecule has 0 aromatic carbocycles. The molecule has 0 heterocycles. The van der Waals surface area contributed by atoms with Crippen molar-refractivity contribution < 1.29 is 4.21 Å². The van der Waals surface area contributed by atoms with Crippen molar-refractivity contribution in [2.24, 2.45) is 0 Å². The zero-order chi connectivity index (χ0) is 7.28. The van der Waals surface area contributed by atoms with Crippen molar-refractivity contribution in [3.63, 3.8) is 0 Å². The third-order valence-electron chi connectivity index (χ3n) is 0.838. The summed E-state index contributed by atoms with van der Waals surface area (Å²) in [5.41, 5.74) is 0. The SMILES string of the molecule is C=C/C=C\N(C)S(C)=O. The van der Waals surface area contributed by atoms with Crippen molar-refractivity contribution in [2.45, 2.75) is 0 Å². The average molecular weight is 145 g/mol. The predicted molar refractivity (Wildman–Crippen MR) is 41.2 cm³/mol. The first-order valence-corrected chi connectivity index (χ1v) is 4.05. The number of hydrogen-bond acceptors (Lipinski definition) is 1. The summed E-state index contributed by atoms with van der Waals surface area (Å²) >= 11 is 0. The van der Waals surface area contributed by atoms with Gasteiger partial charge in [-0.2, -0.15) is 0 Å². The molecule has 9 heavy (non-hydrogen) atoms. The molecule has 0 fully saturated rings. The molecule has 0 aliphatic heterocycles.